The Hall–Kier alpha value is -1.55. The molecule has 0 bridgehead atoms. The van der Waals surface area contributed by atoms with Crippen molar-refractivity contribution in [1.82, 2.24) is 4.90 Å². The summed E-state index contributed by atoms with van der Waals surface area (Å²) in [5, 5.41) is 0. The second-order valence-corrected chi connectivity index (χ2v) is 5.14. The Morgan fingerprint density at radius 2 is 2.05 bits per heavy atom. The average Bonchev–Trinajstić information content (AvgIpc) is 2.94. The Morgan fingerprint density at radius 1 is 1.37 bits per heavy atom. The topological polar surface area (TPSA) is 55.6 Å². The van der Waals surface area contributed by atoms with Gasteiger partial charge in [-0.25, -0.2) is 0 Å². The molecular weight excluding hydrogens is 240 g/mol. The van der Waals surface area contributed by atoms with Crippen LogP contribution in [-0.4, -0.2) is 37.6 Å². The van der Waals surface area contributed by atoms with Crippen molar-refractivity contribution in [2.75, 3.05) is 20.7 Å². The third kappa shape index (κ3) is 2.89. The van der Waals surface area contributed by atoms with Crippen LogP contribution in [0.15, 0.2) is 24.3 Å². The van der Waals surface area contributed by atoms with Gasteiger partial charge in [-0.3, -0.25) is 4.79 Å². The highest BCUT2D eigenvalue weighted by atomic mass is 16.5. The van der Waals surface area contributed by atoms with Gasteiger partial charge in [0, 0.05) is 18.7 Å². The molecule has 4 heteroatoms. The van der Waals surface area contributed by atoms with Crippen molar-refractivity contribution in [2.24, 2.45) is 11.7 Å². The Bertz CT molecular complexity index is 430. The average molecular weight is 262 g/mol. The summed E-state index contributed by atoms with van der Waals surface area (Å²) in [5.74, 6) is 1.26. The molecule has 0 aliphatic heterocycles. The van der Waals surface area contributed by atoms with E-state index in [4.69, 9.17) is 10.5 Å². The van der Waals surface area contributed by atoms with Crippen molar-refractivity contribution in [1.29, 1.82) is 0 Å². The van der Waals surface area contributed by atoms with Gasteiger partial charge in [0.1, 0.15) is 5.75 Å². The molecule has 1 fully saturated rings. The smallest absolute Gasteiger partial charge is 0.253 e. The second kappa shape index (κ2) is 6.06. The molecule has 1 aromatic rings. The zero-order valence-electron chi connectivity index (χ0n) is 11.6. The first-order valence-electron chi connectivity index (χ1n) is 6.78. The van der Waals surface area contributed by atoms with Gasteiger partial charge in [0.25, 0.3) is 5.91 Å². The zero-order chi connectivity index (χ0) is 13.8. The Morgan fingerprint density at radius 3 is 2.63 bits per heavy atom. The monoisotopic (exact) mass is 262 g/mol. The lowest BCUT2D eigenvalue weighted by Crippen LogP contribution is -2.41. The third-order valence-corrected chi connectivity index (χ3v) is 4.08. The predicted octanol–water partition coefficient (Wildman–Crippen LogP) is 1.89. The van der Waals surface area contributed by atoms with E-state index in [-0.39, 0.29) is 11.9 Å². The Kier molecular flexibility index (Phi) is 4.43. The number of amides is 1. The Labute approximate surface area is 114 Å². The van der Waals surface area contributed by atoms with E-state index in [1.54, 1.807) is 7.11 Å². The molecular formula is C15H22N2O2. The fourth-order valence-corrected chi connectivity index (χ4v) is 2.89. The number of hydrogen-bond acceptors (Lipinski definition) is 3. The predicted molar refractivity (Wildman–Crippen MR) is 75.3 cm³/mol. The quantitative estimate of drug-likeness (QED) is 0.901. The SMILES string of the molecule is COc1ccc(C(=O)N(C)C2CCCC2CN)cc1. The molecule has 2 atom stereocenters. The molecule has 0 aromatic heterocycles. The minimum atomic E-state index is 0.0630. The van der Waals surface area contributed by atoms with Crippen molar-refractivity contribution in [3.8, 4) is 5.75 Å². The minimum absolute atomic E-state index is 0.0630. The molecule has 1 aliphatic rings. The summed E-state index contributed by atoms with van der Waals surface area (Å²) in [7, 11) is 3.50. The van der Waals surface area contributed by atoms with Crippen LogP contribution in [0.4, 0.5) is 0 Å². The molecule has 2 rings (SSSR count). The van der Waals surface area contributed by atoms with Crippen LogP contribution in [0.1, 0.15) is 29.6 Å². The molecule has 2 N–H and O–H groups in total. The van der Waals surface area contributed by atoms with Gasteiger partial charge in [-0.15, -0.1) is 0 Å². The number of nitrogens with zero attached hydrogens (tertiary/aromatic N) is 1. The summed E-state index contributed by atoms with van der Waals surface area (Å²) < 4.78 is 5.10. The number of benzene rings is 1. The first kappa shape index (κ1) is 13.9. The van der Waals surface area contributed by atoms with Crippen LogP contribution in [-0.2, 0) is 0 Å². The van der Waals surface area contributed by atoms with Gasteiger partial charge in [0.05, 0.1) is 7.11 Å². The Balaban J connectivity index is 2.09. The van der Waals surface area contributed by atoms with E-state index in [0.717, 1.165) is 25.0 Å². The van der Waals surface area contributed by atoms with E-state index in [9.17, 15) is 4.79 Å². The zero-order valence-corrected chi connectivity index (χ0v) is 11.6. The molecule has 1 saturated carbocycles. The van der Waals surface area contributed by atoms with Crippen LogP contribution in [0, 0.1) is 5.92 Å². The molecule has 4 nitrogen and oxygen atoms in total. The lowest BCUT2D eigenvalue weighted by atomic mass is 10.0. The van der Waals surface area contributed by atoms with Crippen LogP contribution in [0.2, 0.25) is 0 Å². The number of nitrogens with two attached hydrogens (primary N) is 1. The number of ether oxygens (including phenoxy) is 1. The molecule has 0 heterocycles. The van der Waals surface area contributed by atoms with Crippen molar-refractivity contribution in [3.63, 3.8) is 0 Å². The van der Waals surface area contributed by atoms with E-state index in [0.29, 0.717) is 18.0 Å². The van der Waals surface area contributed by atoms with Crippen molar-refractivity contribution >= 4 is 5.91 Å². The molecule has 0 spiro atoms. The van der Waals surface area contributed by atoms with Gasteiger partial charge in [-0.1, -0.05) is 6.42 Å². The molecule has 104 valence electrons. The molecule has 1 aliphatic carbocycles. The van der Waals surface area contributed by atoms with Crippen molar-refractivity contribution < 1.29 is 9.53 Å². The third-order valence-electron chi connectivity index (χ3n) is 4.08. The van der Waals surface area contributed by atoms with Gasteiger partial charge in [0.15, 0.2) is 0 Å². The van der Waals surface area contributed by atoms with Gasteiger partial charge >= 0.3 is 0 Å². The number of methoxy groups -OCH3 is 1. The standard InChI is InChI=1S/C15H22N2O2/c1-17(14-5-3-4-12(14)10-16)15(18)11-6-8-13(19-2)9-7-11/h6-9,12,14H,3-5,10,16H2,1-2H3. The largest absolute Gasteiger partial charge is 0.497 e. The number of rotatable bonds is 4. The molecule has 19 heavy (non-hydrogen) atoms. The lowest BCUT2D eigenvalue weighted by molar-refractivity contribution is 0.0700. The van der Waals surface area contributed by atoms with Gasteiger partial charge in [-0.2, -0.15) is 0 Å². The van der Waals surface area contributed by atoms with Crippen LogP contribution in [0.25, 0.3) is 0 Å². The molecule has 2 unspecified atom stereocenters. The van der Waals surface area contributed by atoms with Gasteiger partial charge in [0.2, 0.25) is 0 Å². The summed E-state index contributed by atoms with van der Waals surface area (Å²) in [4.78, 5) is 14.3. The summed E-state index contributed by atoms with van der Waals surface area (Å²) in [5.41, 5.74) is 6.48. The first-order valence-corrected chi connectivity index (χ1v) is 6.78. The summed E-state index contributed by atoms with van der Waals surface area (Å²) in [6.45, 7) is 0.658. The van der Waals surface area contributed by atoms with Crippen molar-refractivity contribution in [2.45, 2.75) is 25.3 Å². The minimum Gasteiger partial charge on any atom is -0.497 e. The first-order chi connectivity index (χ1) is 9.17. The summed E-state index contributed by atoms with van der Waals surface area (Å²) >= 11 is 0. The van der Waals surface area contributed by atoms with E-state index >= 15 is 0 Å². The normalized spacial score (nSPS) is 22.3. The maximum atomic E-state index is 12.4. The highest BCUT2D eigenvalue weighted by Gasteiger charge is 2.31. The maximum Gasteiger partial charge on any atom is 0.253 e. The number of carbonyl (C=O) groups is 1. The van der Waals surface area contributed by atoms with E-state index in [1.165, 1.54) is 0 Å². The molecule has 0 saturated heterocycles. The maximum absolute atomic E-state index is 12.4. The molecule has 0 radical (unpaired) electrons. The van der Waals surface area contributed by atoms with Gasteiger partial charge in [-0.05, 0) is 49.6 Å². The molecule has 1 aromatic carbocycles. The highest BCUT2D eigenvalue weighted by Crippen LogP contribution is 2.29. The fraction of sp³-hybridized carbons (Fsp3) is 0.533. The lowest BCUT2D eigenvalue weighted by Gasteiger charge is -2.29. The van der Waals surface area contributed by atoms with E-state index < -0.39 is 0 Å². The summed E-state index contributed by atoms with van der Waals surface area (Å²) in [6, 6.07) is 7.53. The fourth-order valence-electron chi connectivity index (χ4n) is 2.89. The van der Waals surface area contributed by atoms with Crippen LogP contribution in [0.3, 0.4) is 0 Å². The van der Waals surface area contributed by atoms with Crippen LogP contribution in [0.5, 0.6) is 5.75 Å². The highest BCUT2D eigenvalue weighted by molar-refractivity contribution is 5.94. The summed E-state index contributed by atoms with van der Waals surface area (Å²) in [6.07, 6.45) is 3.34. The van der Waals surface area contributed by atoms with Crippen LogP contribution >= 0.6 is 0 Å². The molecule has 1 amide bonds. The van der Waals surface area contributed by atoms with Crippen LogP contribution < -0.4 is 10.5 Å². The van der Waals surface area contributed by atoms with E-state index in [1.807, 2.05) is 36.2 Å². The number of carbonyl (C=O) groups excluding carboxylic acids is 1. The van der Waals surface area contributed by atoms with Gasteiger partial charge < -0.3 is 15.4 Å². The second-order valence-electron chi connectivity index (χ2n) is 5.14. The number of hydrogen-bond donors (Lipinski definition) is 1. The van der Waals surface area contributed by atoms with E-state index in [2.05, 4.69) is 0 Å². The van der Waals surface area contributed by atoms with Crippen molar-refractivity contribution in [3.05, 3.63) is 29.8 Å².